The maximum atomic E-state index is 12.1. The van der Waals surface area contributed by atoms with Crippen molar-refractivity contribution in [1.29, 1.82) is 0 Å². The third-order valence-electron chi connectivity index (χ3n) is 3.16. The van der Waals surface area contributed by atoms with Gasteiger partial charge in [-0.2, -0.15) is 0 Å². The summed E-state index contributed by atoms with van der Waals surface area (Å²) >= 11 is -2.44. The molecule has 154 valence electrons. The fourth-order valence-corrected chi connectivity index (χ4v) is 3.62. The molecule has 0 spiro atoms. The average Bonchev–Trinajstić information content (AvgIpc) is 2.56. The summed E-state index contributed by atoms with van der Waals surface area (Å²) in [4.78, 5) is 11.9. The van der Waals surface area contributed by atoms with E-state index in [1.165, 1.54) is 0 Å². The Morgan fingerprint density at radius 2 is 1.96 bits per heavy atom. The second-order valence-electron chi connectivity index (χ2n) is 5.44. The van der Waals surface area contributed by atoms with Gasteiger partial charge in [0, 0.05) is 6.42 Å². The topological polar surface area (TPSA) is 180 Å². The summed E-state index contributed by atoms with van der Waals surface area (Å²) in [6, 6.07) is 0. The largest absolute Gasteiger partial charge is 0.454 e. The summed E-state index contributed by atoms with van der Waals surface area (Å²) in [5.74, 6) is -0.762. The highest BCUT2D eigenvalue weighted by molar-refractivity contribution is 7.89. The number of hydrogen-bond acceptors (Lipinski definition) is 14. The van der Waals surface area contributed by atoms with E-state index in [9.17, 15) is 19.2 Å². The molecule has 1 heterocycles. The summed E-state index contributed by atoms with van der Waals surface area (Å²) in [5.41, 5.74) is 0. The lowest BCUT2D eigenvalue weighted by atomic mass is 10.0. The normalized spacial score (nSPS) is 30.3. The number of ether oxygens (including phenoxy) is 2. The Bertz CT molecular complexity index is 450. The van der Waals surface area contributed by atoms with E-state index in [0.717, 1.165) is 0 Å². The quantitative estimate of drug-likeness (QED) is 0.109. The molecule has 6 atom stereocenters. The van der Waals surface area contributed by atoms with Crippen LogP contribution in [0.1, 0.15) is 20.3 Å². The van der Waals surface area contributed by atoms with Crippen molar-refractivity contribution in [3.05, 3.63) is 0 Å². The molecule has 1 aliphatic rings. The van der Waals surface area contributed by atoms with E-state index in [2.05, 4.69) is 18.7 Å². The molecule has 0 aromatic heterocycles. The zero-order valence-electron chi connectivity index (χ0n) is 13.7. The first-order chi connectivity index (χ1) is 12.3. The molecule has 1 saturated heterocycles. The molecule has 1 aliphatic heterocycles. The molecule has 26 heavy (non-hydrogen) atoms. The Morgan fingerprint density at radius 3 is 2.50 bits per heavy atom. The van der Waals surface area contributed by atoms with Crippen LogP contribution in [-0.4, -0.2) is 67.4 Å². The van der Waals surface area contributed by atoms with Crippen LogP contribution in [0.15, 0.2) is 0 Å². The highest BCUT2D eigenvalue weighted by Crippen LogP contribution is 2.31. The Kier molecular flexibility index (Phi) is 11.0. The summed E-state index contributed by atoms with van der Waals surface area (Å²) < 4.78 is 35.6. The van der Waals surface area contributed by atoms with Crippen molar-refractivity contribution in [2.75, 3.05) is 6.61 Å². The molecule has 4 N–H and O–H groups in total. The number of carbonyl (C=O) groups is 1. The summed E-state index contributed by atoms with van der Waals surface area (Å²) in [7, 11) is 0. The lowest BCUT2D eigenvalue weighted by Gasteiger charge is -2.41. The first kappa shape index (κ1) is 23.6. The minimum atomic E-state index is -2.49. The summed E-state index contributed by atoms with van der Waals surface area (Å²) in [5, 5.41) is 41.2. The van der Waals surface area contributed by atoms with Crippen molar-refractivity contribution in [3.8, 4) is 0 Å². The SMILES string of the molecule is CC(C)CC(=O)OC1[C@@H](OSOOO)[C@H](S(=O)OOO)[C@H](CO)O[C@@H]1O. The molecule has 0 aromatic carbocycles. The van der Waals surface area contributed by atoms with Gasteiger partial charge in [-0.05, 0) is 5.92 Å². The van der Waals surface area contributed by atoms with Gasteiger partial charge >= 0.3 is 5.97 Å². The van der Waals surface area contributed by atoms with Gasteiger partial charge in [0.05, 0.1) is 6.61 Å². The Hall–Kier alpha value is -0.430. The highest BCUT2D eigenvalue weighted by Gasteiger charge is 2.52. The number of hydrogen-bond donors (Lipinski definition) is 4. The van der Waals surface area contributed by atoms with Gasteiger partial charge in [-0.3, -0.25) is 8.98 Å². The van der Waals surface area contributed by atoms with E-state index in [-0.39, 0.29) is 24.7 Å². The standard InChI is InChI=1S/C11H20O13S2/c1-5(2)3-7(13)19-9-8(20-25-23-21-15)10(26(17)24-22-16)6(4-12)18-11(9)14/h5-6,8-12,14-16H,3-4H2,1-2H3/t6-,8+,9?,10+,11-,26?/m0/s1. The van der Waals surface area contributed by atoms with Gasteiger partial charge < -0.3 is 19.7 Å². The molecule has 15 heteroatoms. The van der Waals surface area contributed by atoms with Crippen LogP contribution >= 0.6 is 12.3 Å². The molecule has 2 unspecified atom stereocenters. The molecule has 13 nitrogen and oxygen atoms in total. The van der Waals surface area contributed by atoms with E-state index < -0.39 is 53.5 Å². The van der Waals surface area contributed by atoms with Gasteiger partial charge in [0.2, 0.25) is 0 Å². The second-order valence-corrected chi connectivity index (χ2v) is 7.11. The zero-order valence-corrected chi connectivity index (χ0v) is 15.3. The fraction of sp³-hybridized carbons (Fsp3) is 0.909. The van der Waals surface area contributed by atoms with E-state index in [1.54, 1.807) is 13.8 Å². The highest BCUT2D eigenvalue weighted by atomic mass is 32.2. The van der Waals surface area contributed by atoms with Gasteiger partial charge in [-0.25, -0.2) is 14.7 Å². The molecule has 0 amide bonds. The smallest absolute Gasteiger partial charge is 0.306 e. The molecule has 0 saturated carbocycles. The van der Waals surface area contributed by atoms with Gasteiger partial charge in [0.1, 0.15) is 17.5 Å². The summed E-state index contributed by atoms with van der Waals surface area (Å²) in [6.07, 6.45) is -6.04. The number of aliphatic hydroxyl groups excluding tert-OH is 2. The second kappa shape index (κ2) is 12.1. The van der Waals surface area contributed by atoms with Crippen LogP contribution in [0.4, 0.5) is 0 Å². The molecule has 1 rings (SSSR count). The number of esters is 1. The van der Waals surface area contributed by atoms with E-state index in [0.29, 0.717) is 0 Å². The van der Waals surface area contributed by atoms with Crippen LogP contribution in [0.2, 0.25) is 0 Å². The molecular formula is C11H20O13S2. The monoisotopic (exact) mass is 424 g/mol. The van der Waals surface area contributed by atoms with Crippen LogP contribution in [0.5, 0.6) is 0 Å². The van der Waals surface area contributed by atoms with Gasteiger partial charge in [-0.15, -0.1) is 8.67 Å². The lowest BCUT2D eigenvalue weighted by Crippen LogP contribution is -2.61. The first-order valence-corrected chi connectivity index (χ1v) is 8.99. The van der Waals surface area contributed by atoms with Gasteiger partial charge in [-0.1, -0.05) is 23.9 Å². The molecule has 0 aromatic rings. The molecule has 1 fully saturated rings. The number of rotatable bonds is 11. The third-order valence-corrected chi connectivity index (χ3v) is 4.79. The van der Waals surface area contributed by atoms with Crippen molar-refractivity contribution in [3.63, 3.8) is 0 Å². The van der Waals surface area contributed by atoms with E-state index in [1.807, 2.05) is 0 Å². The third kappa shape index (κ3) is 6.95. The van der Waals surface area contributed by atoms with E-state index in [4.69, 9.17) is 24.2 Å². The van der Waals surface area contributed by atoms with Gasteiger partial charge in [0.25, 0.3) is 0 Å². The first-order valence-electron chi connectivity index (χ1n) is 7.18. The molecular weight excluding hydrogens is 404 g/mol. The predicted octanol–water partition coefficient (Wildman–Crippen LogP) is -0.523. The van der Waals surface area contributed by atoms with E-state index >= 15 is 0 Å². The Labute approximate surface area is 154 Å². The van der Waals surface area contributed by atoms with Crippen LogP contribution in [0.3, 0.4) is 0 Å². The molecule has 0 bridgehead atoms. The molecule has 0 radical (unpaired) electrons. The van der Waals surface area contributed by atoms with Crippen molar-refractivity contribution in [2.24, 2.45) is 5.92 Å². The average molecular weight is 424 g/mol. The lowest BCUT2D eigenvalue weighted by molar-refractivity contribution is -0.436. The van der Waals surface area contributed by atoms with Crippen LogP contribution in [-0.2, 0) is 48.3 Å². The minimum Gasteiger partial charge on any atom is -0.454 e. The maximum Gasteiger partial charge on any atom is 0.306 e. The van der Waals surface area contributed by atoms with Crippen molar-refractivity contribution < 1.29 is 62.1 Å². The van der Waals surface area contributed by atoms with Crippen LogP contribution in [0.25, 0.3) is 0 Å². The van der Waals surface area contributed by atoms with Crippen molar-refractivity contribution >= 4 is 29.4 Å². The maximum absolute atomic E-state index is 12.1. The number of carbonyl (C=O) groups excluding carboxylic acids is 1. The van der Waals surface area contributed by atoms with Crippen molar-refractivity contribution in [2.45, 2.75) is 50.1 Å². The molecule has 0 aliphatic carbocycles. The van der Waals surface area contributed by atoms with Crippen molar-refractivity contribution in [1.82, 2.24) is 0 Å². The van der Waals surface area contributed by atoms with Crippen LogP contribution < -0.4 is 0 Å². The zero-order chi connectivity index (χ0) is 19.7. The predicted molar refractivity (Wildman–Crippen MR) is 81.3 cm³/mol. The van der Waals surface area contributed by atoms with Gasteiger partial charge in [0.15, 0.2) is 35.8 Å². The van der Waals surface area contributed by atoms with Crippen LogP contribution in [0, 0.1) is 5.92 Å². The Morgan fingerprint density at radius 1 is 1.27 bits per heavy atom. The minimum absolute atomic E-state index is 0.00672. The number of aliphatic hydroxyl groups is 2. The Balaban J connectivity index is 3.04. The summed E-state index contributed by atoms with van der Waals surface area (Å²) in [6.45, 7) is 2.78. The fourth-order valence-electron chi connectivity index (χ4n) is 2.19.